The molecule has 0 aliphatic carbocycles. The monoisotopic (exact) mass is 384 g/mol. The smallest absolute Gasteiger partial charge is 0.323 e. The van der Waals surface area contributed by atoms with E-state index in [9.17, 15) is 18.3 Å². The lowest BCUT2D eigenvalue weighted by atomic mass is 10.2. The molecule has 0 spiro atoms. The third-order valence-electron chi connectivity index (χ3n) is 4.19. The van der Waals surface area contributed by atoms with Gasteiger partial charge in [0.2, 0.25) is 10.0 Å². The maximum absolute atomic E-state index is 12.7. The number of sulfonamides is 1. The summed E-state index contributed by atoms with van der Waals surface area (Å²) in [5.41, 5.74) is 0.777. The number of benzene rings is 1. The van der Waals surface area contributed by atoms with Crippen LogP contribution in [0.15, 0.2) is 24.3 Å². The molecule has 1 aromatic carbocycles. The summed E-state index contributed by atoms with van der Waals surface area (Å²) in [6.45, 7) is 1.61. The fourth-order valence-corrected chi connectivity index (χ4v) is 4.64. The van der Waals surface area contributed by atoms with Gasteiger partial charge in [0.1, 0.15) is 17.7 Å². The van der Waals surface area contributed by atoms with Crippen molar-refractivity contribution >= 4 is 27.6 Å². The van der Waals surface area contributed by atoms with Crippen LogP contribution in [-0.2, 0) is 34.3 Å². The Hall–Kier alpha value is -1.97. The summed E-state index contributed by atoms with van der Waals surface area (Å²) < 4.78 is 28.1. The van der Waals surface area contributed by atoms with Gasteiger partial charge < -0.3 is 9.67 Å². The Balaban J connectivity index is 1.83. The van der Waals surface area contributed by atoms with Gasteiger partial charge >= 0.3 is 5.97 Å². The fraction of sp³-hybridized carbons (Fsp3) is 0.400. The van der Waals surface area contributed by atoms with Crippen LogP contribution >= 0.6 is 11.6 Å². The molecule has 8 nitrogen and oxygen atoms in total. The largest absolute Gasteiger partial charge is 0.480 e. The number of hydrogen-bond acceptors (Lipinski definition) is 5. The summed E-state index contributed by atoms with van der Waals surface area (Å²) in [6.07, 6.45) is 0.247. The van der Waals surface area contributed by atoms with E-state index in [1.165, 1.54) is 0 Å². The van der Waals surface area contributed by atoms with Crippen LogP contribution in [-0.4, -0.2) is 50.4 Å². The number of aliphatic carboxylic acids is 1. The number of aryl methyl sites for hydroxylation is 2. The van der Waals surface area contributed by atoms with Crippen LogP contribution < -0.4 is 0 Å². The van der Waals surface area contributed by atoms with E-state index in [-0.39, 0.29) is 25.3 Å². The number of carboxylic acids is 1. The molecule has 25 heavy (non-hydrogen) atoms. The first-order valence-corrected chi connectivity index (χ1v) is 9.62. The standard InChI is InChI=1S/C15H17ClN4O4S/c1-10-17-18-14-9-20(13(15(21)22)8-19(10)14)25(23,24)6-5-11-3-2-4-12(16)7-11/h2-4,7,13H,5-6,8-9H2,1H3,(H,21,22). The summed E-state index contributed by atoms with van der Waals surface area (Å²) in [5.74, 6) is -0.381. The van der Waals surface area contributed by atoms with Crippen LogP contribution in [0.5, 0.6) is 0 Å². The number of aromatic nitrogens is 3. The van der Waals surface area contributed by atoms with Gasteiger partial charge in [0.05, 0.1) is 18.8 Å². The molecule has 2 heterocycles. The number of carboxylic acid groups (broad SMARTS) is 1. The minimum atomic E-state index is -3.79. The van der Waals surface area contributed by atoms with E-state index in [0.717, 1.165) is 9.87 Å². The number of nitrogens with zero attached hydrogens (tertiary/aromatic N) is 4. The highest BCUT2D eigenvalue weighted by molar-refractivity contribution is 7.89. The van der Waals surface area contributed by atoms with E-state index in [1.807, 2.05) is 0 Å². The average molecular weight is 385 g/mol. The Labute approximate surface area is 150 Å². The van der Waals surface area contributed by atoms with Crippen LogP contribution in [0.2, 0.25) is 5.02 Å². The second-order valence-corrected chi connectivity index (χ2v) is 8.35. The highest BCUT2D eigenvalue weighted by Crippen LogP contribution is 2.22. The van der Waals surface area contributed by atoms with Gasteiger partial charge in [-0.25, -0.2) is 8.42 Å². The first-order valence-electron chi connectivity index (χ1n) is 7.63. The van der Waals surface area contributed by atoms with E-state index in [4.69, 9.17) is 11.6 Å². The van der Waals surface area contributed by atoms with Crippen molar-refractivity contribution < 1.29 is 18.3 Å². The van der Waals surface area contributed by atoms with Gasteiger partial charge in [-0.15, -0.1) is 10.2 Å². The quantitative estimate of drug-likeness (QED) is 0.826. The lowest BCUT2D eigenvalue weighted by Crippen LogP contribution is -2.51. The third kappa shape index (κ3) is 3.68. The fourth-order valence-electron chi connectivity index (χ4n) is 2.84. The second-order valence-electron chi connectivity index (χ2n) is 5.87. The van der Waals surface area contributed by atoms with Gasteiger partial charge in [-0.2, -0.15) is 4.31 Å². The Morgan fingerprint density at radius 1 is 1.40 bits per heavy atom. The topological polar surface area (TPSA) is 105 Å². The normalized spacial score (nSPS) is 18.1. The van der Waals surface area contributed by atoms with Crippen LogP contribution in [0.4, 0.5) is 0 Å². The maximum Gasteiger partial charge on any atom is 0.323 e. The number of halogens is 1. The molecular weight excluding hydrogens is 368 g/mol. The molecule has 1 aliphatic rings. The van der Waals surface area contributed by atoms with Crippen LogP contribution in [0, 0.1) is 6.92 Å². The first kappa shape index (κ1) is 17.8. The predicted molar refractivity (Wildman–Crippen MR) is 90.7 cm³/mol. The molecule has 1 N–H and O–H groups in total. The zero-order valence-corrected chi connectivity index (χ0v) is 15.0. The van der Waals surface area contributed by atoms with Crippen molar-refractivity contribution in [2.75, 3.05) is 5.75 Å². The van der Waals surface area contributed by atoms with Crippen molar-refractivity contribution in [3.05, 3.63) is 46.5 Å². The molecule has 1 unspecified atom stereocenters. The molecule has 1 atom stereocenters. The van der Waals surface area contributed by atoms with Gasteiger partial charge in [-0.1, -0.05) is 23.7 Å². The van der Waals surface area contributed by atoms with Gasteiger partial charge in [-0.3, -0.25) is 4.79 Å². The minimum Gasteiger partial charge on any atom is -0.480 e. The van der Waals surface area contributed by atoms with Crippen LogP contribution in [0.25, 0.3) is 0 Å². The molecule has 2 aromatic rings. The molecule has 10 heteroatoms. The zero-order chi connectivity index (χ0) is 18.2. The van der Waals surface area contributed by atoms with Crippen molar-refractivity contribution in [2.45, 2.75) is 32.5 Å². The summed E-state index contributed by atoms with van der Waals surface area (Å²) in [7, 11) is -3.79. The Kier molecular flexibility index (Phi) is 4.81. The zero-order valence-electron chi connectivity index (χ0n) is 13.5. The minimum absolute atomic E-state index is 0.000104. The summed E-state index contributed by atoms with van der Waals surface area (Å²) in [5, 5.41) is 17.8. The molecule has 0 saturated carbocycles. The SMILES string of the molecule is Cc1nnc2n1CC(C(=O)O)N(S(=O)(=O)CCc1cccc(Cl)c1)C2. The van der Waals surface area contributed by atoms with E-state index >= 15 is 0 Å². The van der Waals surface area contributed by atoms with Crippen LogP contribution in [0.3, 0.4) is 0 Å². The van der Waals surface area contributed by atoms with Crippen molar-refractivity contribution in [1.82, 2.24) is 19.1 Å². The molecule has 0 amide bonds. The first-order chi connectivity index (χ1) is 11.8. The molecule has 1 aromatic heterocycles. The molecule has 1 aliphatic heterocycles. The lowest BCUT2D eigenvalue weighted by molar-refractivity contribution is -0.142. The van der Waals surface area contributed by atoms with E-state index in [0.29, 0.717) is 16.7 Å². The Bertz CT molecular complexity index is 912. The number of rotatable bonds is 5. The molecular formula is C15H17ClN4O4S. The summed E-state index contributed by atoms with van der Waals surface area (Å²) >= 11 is 5.91. The predicted octanol–water partition coefficient (Wildman–Crippen LogP) is 1.08. The molecule has 0 saturated heterocycles. The molecule has 0 radical (unpaired) electrons. The lowest BCUT2D eigenvalue weighted by Gasteiger charge is -2.32. The Morgan fingerprint density at radius 2 is 2.16 bits per heavy atom. The highest BCUT2D eigenvalue weighted by atomic mass is 35.5. The summed E-state index contributed by atoms with van der Waals surface area (Å²) in [6, 6.07) is 5.76. The number of carbonyl (C=O) groups is 1. The average Bonchev–Trinajstić information content (AvgIpc) is 2.93. The second kappa shape index (κ2) is 6.74. The molecule has 134 valence electrons. The van der Waals surface area contributed by atoms with Crippen LogP contribution in [0.1, 0.15) is 17.2 Å². The van der Waals surface area contributed by atoms with Gasteiger partial charge in [0.25, 0.3) is 0 Å². The van der Waals surface area contributed by atoms with Crippen molar-refractivity contribution in [2.24, 2.45) is 0 Å². The summed E-state index contributed by atoms with van der Waals surface area (Å²) in [4.78, 5) is 11.6. The van der Waals surface area contributed by atoms with Crippen molar-refractivity contribution in [1.29, 1.82) is 0 Å². The molecule has 0 bridgehead atoms. The third-order valence-corrected chi connectivity index (χ3v) is 6.25. The maximum atomic E-state index is 12.7. The van der Waals surface area contributed by atoms with Gasteiger partial charge in [0, 0.05) is 5.02 Å². The van der Waals surface area contributed by atoms with E-state index < -0.39 is 22.0 Å². The van der Waals surface area contributed by atoms with Gasteiger partial charge in [-0.05, 0) is 31.0 Å². The Morgan fingerprint density at radius 3 is 2.84 bits per heavy atom. The highest BCUT2D eigenvalue weighted by Gasteiger charge is 2.40. The number of hydrogen-bond donors (Lipinski definition) is 1. The van der Waals surface area contributed by atoms with Crippen molar-refractivity contribution in [3.8, 4) is 0 Å². The van der Waals surface area contributed by atoms with E-state index in [1.54, 1.807) is 35.8 Å². The van der Waals surface area contributed by atoms with Crippen molar-refractivity contribution in [3.63, 3.8) is 0 Å². The number of fused-ring (bicyclic) bond motifs is 1. The molecule has 0 fully saturated rings. The van der Waals surface area contributed by atoms with Gasteiger partial charge in [0.15, 0.2) is 0 Å². The molecule has 3 rings (SSSR count). The van der Waals surface area contributed by atoms with E-state index in [2.05, 4.69) is 10.2 Å².